The van der Waals surface area contributed by atoms with Crippen molar-refractivity contribution >= 4 is 51.9 Å². The Balaban J connectivity index is 1.40. The van der Waals surface area contributed by atoms with Crippen LogP contribution in [0.4, 0.5) is 0 Å². The third-order valence-corrected chi connectivity index (χ3v) is 6.20. The lowest BCUT2D eigenvalue weighted by molar-refractivity contribution is -0.123. The van der Waals surface area contributed by atoms with E-state index in [1.54, 1.807) is 55.5 Å². The molecule has 0 saturated heterocycles. The maximum absolute atomic E-state index is 12.9. The van der Waals surface area contributed by atoms with Gasteiger partial charge in [0.05, 0.1) is 6.04 Å². The van der Waals surface area contributed by atoms with Crippen molar-refractivity contribution in [2.75, 3.05) is 0 Å². The number of oxazole rings is 1. The van der Waals surface area contributed by atoms with E-state index in [1.807, 2.05) is 12.1 Å². The molecule has 36 heavy (non-hydrogen) atoms. The molecule has 0 aliphatic rings. The second-order valence-electron chi connectivity index (χ2n) is 8.22. The number of aromatic nitrogens is 1. The average molecular weight is 524 g/mol. The number of carbonyl (C=O) groups is 3. The number of hydrogen-bond donors (Lipinski definition) is 2. The number of nitrogens with one attached hydrogen (secondary N) is 2. The van der Waals surface area contributed by atoms with Gasteiger partial charge in [-0.25, -0.2) is 4.98 Å². The number of rotatable bonds is 8. The number of ketones is 1. The molecular weight excluding hydrogens is 501 g/mol. The summed E-state index contributed by atoms with van der Waals surface area (Å²) in [5.41, 5.74) is 2.89. The maximum Gasteiger partial charge on any atom is 0.266 e. The molecule has 3 aromatic carbocycles. The first kappa shape index (κ1) is 25.4. The molecule has 7 nitrogen and oxygen atoms in total. The summed E-state index contributed by atoms with van der Waals surface area (Å²) in [5.74, 6) is -1.50. The normalized spacial score (nSPS) is 12.7. The largest absolute Gasteiger partial charge is 0.434 e. The van der Waals surface area contributed by atoms with Gasteiger partial charge >= 0.3 is 0 Å². The van der Waals surface area contributed by atoms with Gasteiger partial charge in [0, 0.05) is 21.2 Å². The lowest BCUT2D eigenvalue weighted by atomic mass is 10.0. The summed E-state index contributed by atoms with van der Waals surface area (Å²) < 4.78 is 5.53. The molecule has 0 bridgehead atoms. The summed E-state index contributed by atoms with van der Waals surface area (Å²) in [4.78, 5) is 42.6. The summed E-state index contributed by atoms with van der Waals surface area (Å²) in [6.45, 7) is 3.30. The highest BCUT2D eigenvalue weighted by atomic mass is 35.5. The van der Waals surface area contributed by atoms with Crippen molar-refractivity contribution < 1.29 is 18.8 Å². The first-order valence-electron chi connectivity index (χ1n) is 11.3. The minimum atomic E-state index is -0.908. The monoisotopic (exact) mass is 523 g/mol. The molecule has 2 amide bonds. The second-order valence-corrected chi connectivity index (χ2v) is 9.06. The summed E-state index contributed by atoms with van der Waals surface area (Å²) in [6, 6.07) is 17.4. The summed E-state index contributed by atoms with van der Waals surface area (Å²) in [6.07, 6.45) is 0.324. The molecule has 0 aliphatic carbocycles. The molecule has 1 aromatic heterocycles. The lowest BCUT2D eigenvalue weighted by Crippen LogP contribution is -2.50. The Morgan fingerprint density at radius 3 is 2.44 bits per heavy atom. The SMILES string of the molecule is CC[C@H](NC(=O)[C@H](C)NC(=O)c1ccc(-c2cccc(Cl)c2)c(Cl)c1)C(=O)c1nc2ccccc2o1. The van der Waals surface area contributed by atoms with Crippen LogP contribution in [-0.4, -0.2) is 34.7 Å². The zero-order chi connectivity index (χ0) is 25.8. The second kappa shape index (κ2) is 10.9. The van der Waals surface area contributed by atoms with Gasteiger partial charge in [0.2, 0.25) is 11.7 Å². The van der Waals surface area contributed by atoms with Gasteiger partial charge < -0.3 is 15.1 Å². The van der Waals surface area contributed by atoms with Gasteiger partial charge in [-0.1, -0.05) is 60.5 Å². The molecule has 0 spiro atoms. The van der Waals surface area contributed by atoms with Gasteiger partial charge in [-0.2, -0.15) is 0 Å². The molecule has 0 fully saturated rings. The topological polar surface area (TPSA) is 101 Å². The van der Waals surface area contributed by atoms with Gasteiger partial charge in [0.25, 0.3) is 11.8 Å². The molecule has 0 saturated carbocycles. The van der Waals surface area contributed by atoms with Crippen LogP contribution in [0.3, 0.4) is 0 Å². The van der Waals surface area contributed by atoms with Gasteiger partial charge in [-0.3, -0.25) is 14.4 Å². The predicted octanol–water partition coefficient (Wildman–Crippen LogP) is 5.70. The van der Waals surface area contributed by atoms with Crippen LogP contribution in [0.2, 0.25) is 10.0 Å². The van der Waals surface area contributed by atoms with E-state index < -0.39 is 29.7 Å². The Morgan fingerprint density at radius 1 is 0.972 bits per heavy atom. The van der Waals surface area contributed by atoms with Crippen LogP contribution in [0.25, 0.3) is 22.2 Å². The molecular formula is C27H23Cl2N3O4. The van der Waals surface area contributed by atoms with Crippen LogP contribution in [0.1, 0.15) is 41.3 Å². The molecule has 184 valence electrons. The van der Waals surface area contributed by atoms with E-state index in [1.165, 1.54) is 13.0 Å². The van der Waals surface area contributed by atoms with Crippen molar-refractivity contribution in [3.63, 3.8) is 0 Å². The van der Waals surface area contributed by atoms with Crippen LogP contribution < -0.4 is 10.6 Å². The van der Waals surface area contributed by atoms with Crippen molar-refractivity contribution in [2.45, 2.75) is 32.4 Å². The van der Waals surface area contributed by atoms with Gasteiger partial charge in [-0.05, 0) is 55.3 Å². The minimum absolute atomic E-state index is 0.0746. The Bertz CT molecular complexity index is 1420. The van der Waals surface area contributed by atoms with Crippen molar-refractivity contribution in [3.05, 3.63) is 88.2 Å². The fourth-order valence-corrected chi connectivity index (χ4v) is 4.15. The van der Waals surface area contributed by atoms with Crippen LogP contribution in [0, 0.1) is 0 Å². The molecule has 0 radical (unpaired) electrons. The van der Waals surface area contributed by atoms with Crippen LogP contribution in [0.15, 0.2) is 71.1 Å². The third kappa shape index (κ3) is 5.58. The zero-order valence-corrected chi connectivity index (χ0v) is 21.1. The Kier molecular flexibility index (Phi) is 7.72. The van der Waals surface area contributed by atoms with E-state index >= 15 is 0 Å². The average Bonchev–Trinajstić information content (AvgIpc) is 3.31. The number of Topliss-reactive ketones (excluding diaryl/α,β-unsaturated/α-hetero) is 1. The number of fused-ring (bicyclic) bond motifs is 1. The van der Waals surface area contributed by atoms with Crippen molar-refractivity contribution in [2.24, 2.45) is 0 Å². The Hall–Kier alpha value is -3.68. The molecule has 2 atom stereocenters. The number of para-hydroxylation sites is 2. The van der Waals surface area contributed by atoms with Crippen molar-refractivity contribution in [3.8, 4) is 11.1 Å². The fourth-order valence-electron chi connectivity index (χ4n) is 3.67. The summed E-state index contributed by atoms with van der Waals surface area (Å²) >= 11 is 12.5. The third-order valence-electron chi connectivity index (χ3n) is 5.65. The van der Waals surface area contributed by atoms with Crippen LogP contribution >= 0.6 is 23.2 Å². The smallest absolute Gasteiger partial charge is 0.266 e. The minimum Gasteiger partial charge on any atom is -0.434 e. The van der Waals surface area contributed by atoms with E-state index in [4.69, 9.17) is 27.6 Å². The van der Waals surface area contributed by atoms with E-state index in [0.717, 1.165) is 11.1 Å². The molecule has 0 aliphatic heterocycles. The molecule has 0 unspecified atom stereocenters. The van der Waals surface area contributed by atoms with E-state index in [2.05, 4.69) is 15.6 Å². The number of benzene rings is 3. The number of nitrogens with zero attached hydrogens (tertiary/aromatic N) is 1. The maximum atomic E-state index is 12.9. The quantitative estimate of drug-likeness (QED) is 0.288. The fraction of sp³-hybridized carbons (Fsp3) is 0.185. The van der Waals surface area contributed by atoms with Crippen molar-refractivity contribution in [1.82, 2.24) is 15.6 Å². The highest BCUT2D eigenvalue weighted by Gasteiger charge is 2.27. The number of hydrogen-bond acceptors (Lipinski definition) is 5. The Labute approximate surface area is 217 Å². The highest BCUT2D eigenvalue weighted by molar-refractivity contribution is 6.34. The molecule has 1 heterocycles. The summed E-state index contributed by atoms with van der Waals surface area (Å²) in [7, 11) is 0. The molecule has 4 rings (SSSR count). The standard InChI is InChI=1S/C27H23Cl2N3O4/c1-3-21(24(33)27-32-22-9-4-5-10-23(22)36-27)31-25(34)15(2)30-26(35)17-11-12-19(20(29)14-17)16-7-6-8-18(28)13-16/h4-15,21H,3H2,1-2H3,(H,30,35)(H,31,34)/t15-,21-/m0/s1. The van der Waals surface area contributed by atoms with Gasteiger partial charge in [-0.15, -0.1) is 0 Å². The van der Waals surface area contributed by atoms with Crippen LogP contribution in [0.5, 0.6) is 0 Å². The van der Waals surface area contributed by atoms with Crippen molar-refractivity contribution in [1.29, 1.82) is 0 Å². The van der Waals surface area contributed by atoms with E-state index in [9.17, 15) is 14.4 Å². The predicted molar refractivity (Wildman–Crippen MR) is 139 cm³/mol. The van der Waals surface area contributed by atoms with Gasteiger partial charge in [0.1, 0.15) is 11.6 Å². The molecule has 4 aromatic rings. The van der Waals surface area contributed by atoms with E-state index in [0.29, 0.717) is 33.1 Å². The number of halogens is 2. The summed E-state index contributed by atoms with van der Waals surface area (Å²) in [5, 5.41) is 6.26. The number of amides is 2. The molecule has 9 heteroatoms. The lowest BCUT2D eigenvalue weighted by Gasteiger charge is -2.19. The first-order valence-corrected chi connectivity index (χ1v) is 12.1. The van der Waals surface area contributed by atoms with E-state index in [-0.39, 0.29) is 5.89 Å². The van der Waals surface area contributed by atoms with Crippen LogP contribution in [-0.2, 0) is 4.79 Å². The first-order chi connectivity index (χ1) is 17.3. The highest BCUT2D eigenvalue weighted by Crippen LogP contribution is 2.30. The Morgan fingerprint density at radius 2 is 1.75 bits per heavy atom. The zero-order valence-electron chi connectivity index (χ0n) is 19.5. The van der Waals surface area contributed by atoms with Gasteiger partial charge in [0.15, 0.2) is 5.58 Å². The molecule has 2 N–H and O–H groups in total. The number of carbonyl (C=O) groups excluding carboxylic acids is 3.